The first-order valence-corrected chi connectivity index (χ1v) is 6.98. The van der Waals surface area contributed by atoms with E-state index in [-0.39, 0.29) is 11.7 Å². The van der Waals surface area contributed by atoms with E-state index >= 15 is 0 Å². The van der Waals surface area contributed by atoms with Gasteiger partial charge in [-0.1, -0.05) is 28.8 Å². The van der Waals surface area contributed by atoms with E-state index in [1.165, 1.54) is 6.07 Å². The molecular formula is C13H15BrF3NO. The highest BCUT2D eigenvalue weighted by molar-refractivity contribution is 9.10. The van der Waals surface area contributed by atoms with Crippen molar-refractivity contribution in [3.8, 4) is 0 Å². The third-order valence-corrected chi connectivity index (χ3v) is 3.85. The molecule has 1 aromatic rings. The lowest BCUT2D eigenvalue weighted by Crippen LogP contribution is -2.36. The predicted octanol–water partition coefficient (Wildman–Crippen LogP) is 4.18. The fourth-order valence-corrected chi connectivity index (χ4v) is 2.72. The third-order valence-electron chi connectivity index (χ3n) is 3.36. The summed E-state index contributed by atoms with van der Waals surface area (Å²) in [4.78, 5) is 0. The number of aliphatic hydroxyl groups excluding tert-OH is 1. The molecule has 19 heavy (non-hydrogen) atoms. The van der Waals surface area contributed by atoms with Crippen LogP contribution in [0.1, 0.15) is 31.2 Å². The Morgan fingerprint density at radius 2 is 1.89 bits per heavy atom. The zero-order valence-corrected chi connectivity index (χ0v) is 11.8. The third kappa shape index (κ3) is 3.63. The minimum Gasteiger partial charge on any atom is -0.391 e. The van der Waals surface area contributed by atoms with Gasteiger partial charge in [0.1, 0.15) is 0 Å². The highest BCUT2D eigenvalue weighted by atomic mass is 79.9. The van der Waals surface area contributed by atoms with Crippen LogP contribution in [0.2, 0.25) is 0 Å². The molecule has 6 heteroatoms. The average molecular weight is 338 g/mol. The molecule has 0 aromatic heterocycles. The lowest BCUT2D eigenvalue weighted by molar-refractivity contribution is -0.137. The van der Waals surface area contributed by atoms with Crippen molar-refractivity contribution in [2.24, 2.45) is 0 Å². The molecule has 0 unspecified atom stereocenters. The second kappa shape index (κ2) is 5.71. The molecule has 0 saturated heterocycles. The minimum absolute atomic E-state index is 0.0293. The standard InChI is InChI=1S/C13H15BrF3NO/c14-8-5-6-10(9(7-8)13(15,16)17)18-11-3-1-2-4-12(11)19/h5-7,11-12,18-19H,1-4H2/t11-,12-/m0/s1. The minimum atomic E-state index is -4.41. The number of anilines is 1. The molecule has 1 aromatic carbocycles. The van der Waals surface area contributed by atoms with Crippen molar-refractivity contribution in [3.05, 3.63) is 28.2 Å². The first kappa shape index (κ1) is 14.7. The molecule has 106 valence electrons. The molecule has 1 fully saturated rings. The molecule has 1 saturated carbocycles. The maximum Gasteiger partial charge on any atom is 0.418 e. The van der Waals surface area contributed by atoms with Crippen LogP contribution in [-0.2, 0) is 6.18 Å². The highest BCUT2D eigenvalue weighted by Crippen LogP contribution is 2.37. The molecular weight excluding hydrogens is 323 g/mol. The molecule has 2 N–H and O–H groups in total. The monoisotopic (exact) mass is 337 g/mol. The van der Waals surface area contributed by atoms with E-state index < -0.39 is 17.8 Å². The van der Waals surface area contributed by atoms with Crippen molar-refractivity contribution in [2.75, 3.05) is 5.32 Å². The topological polar surface area (TPSA) is 32.3 Å². The summed E-state index contributed by atoms with van der Waals surface area (Å²) in [5, 5.41) is 12.7. The average Bonchev–Trinajstić information content (AvgIpc) is 2.33. The Morgan fingerprint density at radius 1 is 1.21 bits per heavy atom. The number of halogens is 4. The molecule has 2 rings (SSSR count). The van der Waals surface area contributed by atoms with Gasteiger partial charge in [0.2, 0.25) is 0 Å². The van der Waals surface area contributed by atoms with Gasteiger partial charge >= 0.3 is 6.18 Å². The van der Waals surface area contributed by atoms with E-state index in [1.54, 1.807) is 6.07 Å². The Kier molecular flexibility index (Phi) is 4.40. The zero-order chi connectivity index (χ0) is 14.0. The van der Waals surface area contributed by atoms with Crippen LogP contribution in [0, 0.1) is 0 Å². The van der Waals surface area contributed by atoms with Gasteiger partial charge in [-0.15, -0.1) is 0 Å². The Bertz CT molecular complexity index is 450. The Morgan fingerprint density at radius 3 is 2.53 bits per heavy atom. The summed E-state index contributed by atoms with van der Waals surface area (Å²) >= 11 is 3.05. The molecule has 0 amide bonds. The van der Waals surface area contributed by atoms with E-state index in [2.05, 4.69) is 21.2 Å². The first-order chi connectivity index (χ1) is 8.88. The number of benzene rings is 1. The molecule has 1 aliphatic carbocycles. The molecule has 0 aliphatic heterocycles. The lowest BCUT2D eigenvalue weighted by atomic mass is 9.92. The Balaban J connectivity index is 2.24. The first-order valence-electron chi connectivity index (χ1n) is 6.19. The highest BCUT2D eigenvalue weighted by Gasteiger charge is 2.35. The van der Waals surface area contributed by atoms with Crippen LogP contribution in [0.4, 0.5) is 18.9 Å². The van der Waals surface area contributed by atoms with Crippen LogP contribution in [0.15, 0.2) is 22.7 Å². The van der Waals surface area contributed by atoms with Crippen LogP contribution in [0.5, 0.6) is 0 Å². The number of rotatable bonds is 2. The van der Waals surface area contributed by atoms with Gasteiger partial charge in [0.05, 0.1) is 17.7 Å². The van der Waals surface area contributed by atoms with Crippen molar-refractivity contribution < 1.29 is 18.3 Å². The second-order valence-corrected chi connectivity index (χ2v) is 5.71. The molecule has 1 aliphatic rings. The van der Waals surface area contributed by atoms with Crippen LogP contribution >= 0.6 is 15.9 Å². The summed E-state index contributed by atoms with van der Waals surface area (Å²) in [6.45, 7) is 0. The maximum absolute atomic E-state index is 13.0. The normalized spacial score (nSPS) is 24.3. The van der Waals surface area contributed by atoms with Gasteiger partial charge in [0.15, 0.2) is 0 Å². The molecule has 2 nitrogen and oxygen atoms in total. The van der Waals surface area contributed by atoms with E-state index in [4.69, 9.17) is 0 Å². The summed E-state index contributed by atoms with van der Waals surface area (Å²) in [7, 11) is 0. The SMILES string of the molecule is O[C@H]1CCCC[C@@H]1Nc1ccc(Br)cc1C(F)(F)F. The van der Waals surface area contributed by atoms with Gasteiger partial charge in [0, 0.05) is 10.2 Å². The molecule has 0 radical (unpaired) electrons. The largest absolute Gasteiger partial charge is 0.418 e. The number of alkyl halides is 3. The van der Waals surface area contributed by atoms with E-state index in [1.807, 2.05) is 0 Å². The quantitative estimate of drug-likeness (QED) is 0.848. The number of hydrogen-bond acceptors (Lipinski definition) is 2. The van der Waals surface area contributed by atoms with Gasteiger partial charge in [-0.05, 0) is 31.0 Å². The lowest BCUT2D eigenvalue weighted by Gasteiger charge is -2.30. The molecule has 0 spiro atoms. The van der Waals surface area contributed by atoms with E-state index in [0.29, 0.717) is 17.3 Å². The summed E-state index contributed by atoms with van der Waals surface area (Å²) in [6, 6.07) is 3.70. The van der Waals surface area contributed by atoms with Crippen molar-refractivity contribution in [1.29, 1.82) is 0 Å². The van der Waals surface area contributed by atoms with E-state index in [0.717, 1.165) is 18.9 Å². The van der Waals surface area contributed by atoms with Crippen molar-refractivity contribution in [2.45, 2.75) is 44.0 Å². The number of nitrogens with one attached hydrogen (secondary N) is 1. The summed E-state index contributed by atoms with van der Waals surface area (Å²) in [5.41, 5.74) is -0.679. The fourth-order valence-electron chi connectivity index (χ4n) is 2.36. The second-order valence-electron chi connectivity index (χ2n) is 4.79. The summed E-state index contributed by atoms with van der Waals surface area (Å²) in [6.07, 6.45) is -1.83. The van der Waals surface area contributed by atoms with Gasteiger partial charge < -0.3 is 10.4 Å². The van der Waals surface area contributed by atoms with Gasteiger partial charge in [-0.25, -0.2) is 0 Å². The molecule has 2 atom stereocenters. The Labute approximate surface area is 118 Å². The molecule has 0 bridgehead atoms. The van der Waals surface area contributed by atoms with Gasteiger partial charge in [-0.2, -0.15) is 13.2 Å². The zero-order valence-electron chi connectivity index (χ0n) is 10.2. The van der Waals surface area contributed by atoms with Crippen LogP contribution in [-0.4, -0.2) is 17.3 Å². The van der Waals surface area contributed by atoms with Crippen LogP contribution < -0.4 is 5.32 Å². The van der Waals surface area contributed by atoms with Crippen LogP contribution in [0.25, 0.3) is 0 Å². The molecule has 0 heterocycles. The maximum atomic E-state index is 13.0. The fraction of sp³-hybridized carbons (Fsp3) is 0.538. The van der Waals surface area contributed by atoms with Crippen molar-refractivity contribution in [3.63, 3.8) is 0 Å². The summed E-state index contributed by atoms with van der Waals surface area (Å²) < 4.78 is 39.3. The smallest absolute Gasteiger partial charge is 0.391 e. The van der Waals surface area contributed by atoms with Gasteiger partial charge in [0.25, 0.3) is 0 Å². The Hall–Kier alpha value is -0.750. The van der Waals surface area contributed by atoms with Gasteiger partial charge in [-0.3, -0.25) is 0 Å². The number of aliphatic hydroxyl groups is 1. The summed E-state index contributed by atoms with van der Waals surface area (Å²) in [5.74, 6) is 0. The van der Waals surface area contributed by atoms with Crippen LogP contribution in [0.3, 0.4) is 0 Å². The van der Waals surface area contributed by atoms with Crippen molar-refractivity contribution in [1.82, 2.24) is 0 Å². The predicted molar refractivity (Wildman–Crippen MR) is 71.0 cm³/mol. The number of hydrogen-bond donors (Lipinski definition) is 2. The van der Waals surface area contributed by atoms with Crippen molar-refractivity contribution >= 4 is 21.6 Å². The van der Waals surface area contributed by atoms with E-state index in [9.17, 15) is 18.3 Å².